The number of nitrogens with zero attached hydrogens (tertiary/aromatic N) is 10. The maximum absolute atomic E-state index is 9.28. The van der Waals surface area contributed by atoms with Gasteiger partial charge in [0, 0.05) is 0 Å². The van der Waals surface area contributed by atoms with E-state index in [-0.39, 0.29) is 0 Å². The molecule has 0 fully saturated rings. The first-order valence-corrected chi connectivity index (χ1v) is 33.0. The minimum absolute atomic E-state index is 0.399. The molecule has 0 N–H and O–H groups in total. The molecule has 0 amide bonds. The van der Waals surface area contributed by atoms with Crippen molar-refractivity contribution in [2.75, 3.05) is 76.9 Å². The second-order valence-electron chi connectivity index (χ2n) is 21.7. The van der Waals surface area contributed by atoms with Crippen LogP contribution in [0.5, 0.6) is 0 Å². The van der Waals surface area contributed by atoms with E-state index in [1.54, 1.807) is 24.3 Å². The van der Waals surface area contributed by atoms with Crippen LogP contribution in [-0.4, -0.2) is 44.5 Å². The number of hydrogen-bond acceptors (Lipinski definition) is 10. The first-order valence-electron chi connectivity index (χ1n) is 34.4. The molecule has 0 saturated heterocycles. The predicted molar refractivity (Wildman–Crippen MR) is 359 cm³/mol. The Bertz CT molecular complexity index is 5050. The van der Waals surface area contributed by atoms with Crippen LogP contribution in [0.3, 0.4) is 0 Å². The quantitative estimate of drug-likeness (QED) is 0.159. The molecule has 88 heavy (non-hydrogen) atoms. The summed E-state index contributed by atoms with van der Waals surface area (Å²) in [5, 5.41) is 0. The third-order valence-corrected chi connectivity index (χ3v) is 22.5. The molecular formula is C76H56N10Pt2-4. The van der Waals surface area contributed by atoms with Crippen molar-refractivity contribution < 1.29 is 51.7 Å². The van der Waals surface area contributed by atoms with E-state index in [1.807, 2.05) is 215 Å². The van der Waals surface area contributed by atoms with Gasteiger partial charge in [0.05, 0.1) is 0 Å². The van der Waals surface area contributed by atoms with E-state index >= 15 is 0 Å². The summed E-state index contributed by atoms with van der Waals surface area (Å²) in [6, 6.07) is 88.9. The fourth-order valence-corrected chi connectivity index (χ4v) is 18.6. The van der Waals surface area contributed by atoms with Gasteiger partial charge in [0.2, 0.25) is 0 Å². The molecule has 0 saturated carbocycles. The van der Waals surface area contributed by atoms with E-state index in [1.165, 1.54) is 19.6 Å². The van der Waals surface area contributed by atoms with Crippen LogP contribution in [-0.2, 0) is 35.3 Å². The molecule has 0 atom stereocenters. The number of hydrogen-bond donors (Lipinski definition) is 0. The zero-order valence-corrected chi connectivity index (χ0v) is 51.6. The van der Waals surface area contributed by atoms with E-state index in [2.05, 4.69) is 58.3 Å². The van der Waals surface area contributed by atoms with Gasteiger partial charge in [-0.3, -0.25) is 0 Å². The van der Waals surface area contributed by atoms with Crippen molar-refractivity contribution in [1.29, 1.82) is 0 Å². The number of rotatable bonds is 4. The third-order valence-electron chi connectivity index (χ3n) is 16.5. The Hall–Kier alpha value is -9.72. The van der Waals surface area contributed by atoms with Crippen molar-refractivity contribution in [2.45, 2.75) is 13.8 Å². The summed E-state index contributed by atoms with van der Waals surface area (Å²) in [7, 11) is 0. The molecule has 6 heterocycles. The SMILES string of the molecule is [2H]C([2H])([2H])N1[C]2=[Pt]=[C]3N(c4[c-]c(cc(-c5ccccc5)c4)N(c4cc(C)c(N5c6[c-]c(ccc6)N6[C](=[Pt]=[C]7N(c8[c-]c5cc(-c5ccccc5)c8)c5ccccc5N7C([2H])([2H])[2H])N(C([2H])([2H])[2H])c5ccccc56)cc4C)c4[c-]c(ccc4)N2c2ccccc21)c1ccccc1N3C([2H])([2H])[2H]. The topological polar surface area (TPSA) is 32.4 Å². The summed E-state index contributed by atoms with van der Waals surface area (Å²) in [4.78, 5) is 17.6. The second-order valence-corrected chi connectivity index (χ2v) is 26.9. The Balaban J connectivity index is 0.937. The predicted octanol–water partition coefficient (Wildman–Crippen LogP) is 16.7. The molecule has 0 spiro atoms. The van der Waals surface area contributed by atoms with E-state index in [0.717, 1.165) is 44.8 Å². The minimum atomic E-state index is -2.72. The van der Waals surface area contributed by atoms with Gasteiger partial charge in [0.15, 0.2) is 0 Å². The van der Waals surface area contributed by atoms with Crippen molar-refractivity contribution in [3.63, 3.8) is 0 Å². The van der Waals surface area contributed by atoms with Crippen LogP contribution in [0.1, 0.15) is 27.6 Å². The Kier molecular flexibility index (Phi) is 9.62. The molecule has 12 heteroatoms. The van der Waals surface area contributed by atoms with Gasteiger partial charge < -0.3 is 0 Å². The van der Waals surface area contributed by atoms with Gasteiger partial charge in [0.25, 0.3) is 0 Å². The second kappa shape index (κ2) is 20.4. The van der Waals surface area contributed by atoms with Gasteiger partial charge in [-0.2, -0.15) is 0 Å². The number of para-hydroxylation sites is 8. The Morgan fingerprint density at radius 1 is 0.250 bits per heavy atom. The van der Waals surface area contributed by atoms with E-state index in [4.69, 9.17) is 0 Å². The zero-order chi connectivity index (χ0) is 69.1. The molecule has 17 rings (SSSR count). The van der Waals surface area contributed by atoms with E-state index < -0.39 is 63.2 Å². The van der Waals surface area contributed by atoms with Gasteiger partial charge in [0.1, 0.15) is 0 Å². The Morgan fingerprint density at radius 2 is 0.511 bits per heavy atom. The fraction of sp³-hybridized carbons (Fsp3) is 0.0789. The molecule has 0 aromatic heterocycles. The molecule has 11 aromatic rings. The summed E-state index contributed by atoms with van der Waals surface area (Å²) in [5.41, 5.74) is 15.0. The Morgan fingerprint density at radius 3 is 0.830 bits per heavy atom. The molecule has 6 aliphatic heterocycles. The molecule has 0 unspecified atom stereocenters. The number of fused-ring (bicyclic) bond motifs is 24. The van der Waals surface area contributed by atoms with Gasteiger partial charge in [-0.1, -0.05) is 0 Å². The Labute approximate surface area is 546 Å². The van der Waals surface area contributed by atoms with Gasteiger partial charge >= 0.3 is 550 Å². The van der Waals surface area contributed by atoms with E-state index in [0.29, 0.717) is 108 Å². The molecule has 11 aromatic carbocycles. The van der Waals surface area contributed by atoms with Crippen LogP contribution in [0.4, 0.5) is 102 Å². The van der Waals surface area contributed by atoms with Crippen molar-refractivity contribution in [2.24, 2.45) is 0 Å². The molecule has 434 valence electrons. The third kappa shape index (κ3) is 8.15. The summed E-state index contributed by atoms with van der Waals surface area (Å²) < 4.78 is 113. The number of benzene rings is 11. The van der Waals surface area contributed by atoms with Crippen LogP contribution >= 0.6 is 0 Å². The van der Waals surface area contributed by atoms with Crippen molar-refractivity contribution >= 4 is 119 Å². The molecule has 8 bridgehead atoms. The monoisotopic (exact) mass is 1510 g/mol. The van der Waals surface area contributed by atoms with Crippen LogP contribution in [0.15, 0.2) is 231 Å². The summed E-state index contributed by atoms with van der Waals surface area (Å²) in [6.07, 6.45) is 0. The van der Waals surface area contributed by atoms with Crippen LogP contribution in [0, 0.1) is 38.1 Å². The first kappa shape index (κ1) is 41.4. The van der Waals surface area contributed by atoms with Gasteiger partial charge in [-0.15, -0.1) is 0 Å². The summed E-state index contributed by atoms with van der Waals surface area (Å²) in [6.45, 7) is -6.76. The standard InChI is InChI=1S/C76H56N10.2Pt/c1-53-39-76(86(62-30-22-28-60(46-62)82-50-78(4)68-32-14-18-36-72(68)82)66-44-58(56-25-11-8-12-26-56)42-64(48-66)84-52-80(6)70-34-16-20-38-74(70)84)54(2)40-75(53)85(61-29-21-27-59(45-61)81-49-77(3)67-31-13-17-35-71(67)81)65-43-57(55-23-9-7-10-24-55)41-63(47-65)83-51-79(5)69-33-15-19-37-73(69)83;;/h7-44H,1-6H3;;/q-4;;/i3D3,4D3,5D3,6D3;;. The summed E-state index contributed by atoms with van der Waals surface area (Å²) >= 11 is -3.55. The molecule has 10 nitrogen and oxygen atoms in total. The molecule has 0 aliphatic carbocycles. The van der Waals surface area contributed by atoms with Crippen LogP contribution in [0.2, 0.25) is 0 Å². The normalized spacial score (nSPS) is 18.0. The molecule has 0 radical (unpaired) electrons. The summed E-state index contributed by atoms with van der Waals surface area (Å²) in [5.74, 6) is 0. The van der Waals surface area contributed by atoms with Gasteiger partial charge in [-0.25, -0.2) is 0 Å². The molecule has 6 aliphatic rings. The van der Waals surface area contributed by atoms with E-state index in [9.17, 15) is 16.4 Å². The van der Waals surface area contributed by atoms with Crippen LogP contribution in [0.25, 0.3) is 22.3 Å². The number of aryl methyl sites for hydroxylation is 2. The average Bonchev–Trinajstić information content (AvgIpc) is 1.56. The van der Waals surface area contributed by atoms with Crippen LogP contribution < -0.4 is 49.0 Å². The van der Waals surface area contributed by atoms with Crippen molar-refractivity contribution in [3.8, 4) is 22.3 Å². The zero-order valence-electron chi connectivity index (χ0n) is 59.0. The first-order chi connectivity index (χ1) is 48.0. The van der Waals surface area contributed by atoms with Gasteiger partial charge in [-0.05, 0) is 0 Å². The fourth-order valence-electron chi connectivity index (χ4n) is 12.4. The average molecular weight is 1510 g/mol. The number of anilines is 18. The van der Waals surface area contributed by atoms with Crippen molar-refractivity contribution in [1.82, 2.24) is 0 Å². The maximum atomic E-state index is 9.28. The van der Waals surface area contributed by atoms with Crippen molar-refractivity contribution in [3.05, 3.63) is 266 Å². The molecular weight excluding hydrogens is 1440 g/mol.